The Hall–Kier alpha value is -1.73. The topological polar surface area (TPSA) is 55.1 Å². The zero-order chi connectivity index (χ0) is 17.9. The molecule has 1 aromatic heterocycles. The first-order valence-corrected chi connectivity index (χ1v) is 8.42. The van der Waals surface area contributed by atoms with Crippen LogP contribution >= 0.6 is 0 Å². The number of aliphatic hydroxyl groups excluding tert-OH is 1. The number of ether oxygens (including phenoxy) is 2. The van der Waals surface area contributed by atoms with Gasteiger partial charge in [-0.3, -0.25) is 4.90 Å². The fraction of sp³-hybridized carbons (Fsp3) is 0.474. The van der Waals surface area contributed by atoms with Gasteiger partial charge in [0.2, 0.25) is 0 Å². The van der Waals surface area contributed by atoms with E-state index in [1.165, 1.54) is 6.07 Å². The highest BCUT2D eigenvalue weighted by Gasteiger charge is 2.14. The van der Waals surface area contributed by atoms with E-state index in [2.05, 4.69) is 0 Å². The van der Waals surface area contributed by atoms with Crippen molar-refractivity contribution in [1.29, 1.82) is 0 Å². The van der Waals surface area contributed by atoms with Crippen LogP contribution in [0.15, 0.2) is 47.1 Å². The van der Waals surface area contributed by atoms with Crippen LogP contribution in [-0.2, 0) is 22.6 Å². The first-order valence-electron chi connectivity index (χ1n) is 8.42. The predicted octanol–water partition coefficient (Wildman–Crippen LogP) is 2.83. The number of methoxy groups -OCH3 is 1. The van der Waals surface area contributed by atoms with Gasteiger partial charge in [-0.05, 0) is 24.6 Å². The molecule has 138 valence electrons. The van der Waals surface area contributed by atoms with Crippen LogP contribution in [-0.4, -0.2) is 49.5 Å². The third kappa shape index (κ3) is 7.36. The summed E-state index contributed by atoms with van der Waals surface area (Å²) in [6.45, 7) is 2.68. The van der Waals surface area contributed by atoms with Crippen molar-refractivity contribution in [3.63, 3.8) is 0 Å². The smallest absolute Gasteiger partial charge is 0.129 e. The van der Waals surface area contributed by atoms with Gasteiger partial charge in [0.1, 0.15) is 18.2 Å². The van der Waals surface area contributed by atoms with Gasteiger partial charge < -0.3 is 19.0 Å². The Bertz CT molecular complexity index is 591. The normalized spacial score (nSPS) is 12.6. The average Bonchev–Trinajstić information content (AvgIpc) is 3.10. The van der Waals surface area contributed by atoms with Gasteiger partial charge in [0.15, 0.2) is 0 Å². The SMILES string of the molecule is COCCCN(Cc1ccccc1F)C[C@@H](O)COCc1ccco1. The number of nitrogens with zero attached hydrogens (tertiary/aromatic N) is 1. The molecule has 0 aliphatic carbocycles. The van der Waals surface area contributed by atoms with E-state index >= 15 is 0 Å². The summed E-state index contributed by atoms with van der Waals surface area (Å²) in [6, 6.07) is 10.3. The number of hydrogen-bond acceptors (Lipinski definition) is 5. The first kappa shape index (κ1) is 19.6. The van der Waals surface area contributed by atoms with Gasteiger partial charge >= 0.3 is 0 Å². The molecule has 0 aliphatic heterocycles. The molecule has 1 heterocycles. The quantitative estimate of drug-likeness (QED) is 0.596. The highest BCUT2D eigenvalue weighted by Crippen LogP contribution is 2.11. The van der Waals surface area contributed by atoms with Crippen molar-refractivity contribution in [3.8, 4) is 0 Å². The summed E-state index contributed by atoms with van der Waals surface area (Å²) in [5.74, 6) is 0.485. The van der Waals surface area contributed by atoms with Crippen LogP contribution in [0.1, 0.15) is 17.7 Å². The van der Waals surface area contributed by atoms with Gasteiger partial charge in [-0.25, -0.2) is 4.39 Å². The first-order chi connectivity index (χ1) is 12.2. The number of benzene rings is 1. The van der Waals surface area contributed by atoms with Crippen molar-refractivity contribution in [3.05, 3.63) is 59.8 Å². The minimum atomic E-state index is -0.663. The Balaban J connectivity index is 1.82. The maximum Gasteiger partial charge on any atom is 0.129 e. The molecule has 2 rings (SSSR count). The third-order valence-electron chi connectivity index (χ3n) is 3.78. The molecule has 0 fully saturated rings. The second-order valence-corrected chi connectivity index (χ2v) is 5.92. The highest BCUT2D eigenvalue weighted by molar-refractivity contribution is 5.17. The van der Waals surface area contributed by atoms with Crippen LogP contribution in [0, 0.1) is 5.82 Å². The van der Waals surface area contributed by atoms with E-state index in [0.717, 1.165) is 12.2 Å². The molecule has 1 aromatic carbocycles. The lowest BCUT2D eigenvalue weighted by Crippen LogP contribution is -2.35. The standard InChI is InChI=1S/C19H26FNO4/c1-23-10-5-9-21(12-16-6-2-3-8-19(16)20)13-17(22)14-24-15-18-7-4-11-25-18/h2-4,6-8,11,17,22H,5,9-10,12-15H2,1H3/t17-/m1/s1. The number of aliphatic hydroxyl groups is 1. The number of halogens is 1. The zero-order valence-corrected chi connectivity index (χ0v) is 14.6. The van der Waals surface area contributed by atoms with E-state index in [1.54, 1.807) is 31.6 Å². The lowest BCUT2D eigenvalue weighted by molar-refractivity contribution is 0.00267. The number of rotatable bonds is 12. The molecule has 0 unspecified atom stereocenters. The highest BCUT2D eigenvalue weighted by atomic mass is 19.1. The molecule has 0 spiro atoms. The average molecular weight is 351 g/mol. The molecule has 5 nitrogen and oxygen atoms in total. The van der Waals surface area contributed by atoms with E-state index in [1.807, 2.05) is 17.0 Å². The van der Waals surface area contributed by atoms with Crippen LogP contribution in [0.2, 0.25) is 0 Å². The molecule has 1 atom stereocenters. The summed E-state index contributed by atoms with van der Waals surface area (Å²) in [4.78, 5) is 2.01. The van der Waals surface area contributed by atoms with Gasteiger partial charge in [0.25, 0.3) is 0 Å². The maximum absolute atomic E-state index is 13.9. The van der Waals surface area contributed by atoms with Crippen LogP contribution in [0.4, 0.5) is 4.39 Å². The van der Waals surface area contributed by atoms with Crippen molar-refractivity contribution in [1.82, 2.24) is 4.90 Å². The van der Waals surface area contributed by atoms with Crippen LogP contribution in [0.5, 0.6) is 0 Å². The number of hydrogen-bond donors (Lipinski definition) is 1. The van der Waals surface area contributed by atoms with Gasteiger partial charge in [0.05, 0.1) is 19.0 Å². The molecule has 0 radical (unpaired) electrons. The van der Waals surface area contributed by atoms with E-state index in [-0.39, 0.29) is 12.4 Å². The summed E-state index contributed by atoms with van der Waals surface area (Å²) in [5, 5.41) is 10.2. The van der Waals surface area contributed by atoms with Gasteiger partial charge in [0, 0.05) is 38.9 Å². The Morgan fingerprint density at radius 2 is 2.08 bits per heavy atom. The molecule has 0 amide bonds. The van der Waals surface area contributed by atoms with Crippen molar-refractivity contribution >= 4 is 0 Å². The largest absolute Gasteiger partial charge is 0.467 e. The minimum Gasteiger partial charge on any atom is -0.467 e. The van der Waals surface area contributed by atoms with Gasteiger partial charge in [-0.1, -0.05) is 18.2 Å². The summed E-state index contributed by atoms with van der Waals surface area (Å²) in [7, 11) is 1.65. The molecule has 2 aromatic rings. The summed E-state index contributed by atoms with van der Waals surface area (Å²) >= 11 is 0. The molecule has 25 heavy (non-hydrogen) atoms. The molecule has 0 saturated heterocycles. The fourth-order valence-electron chi connectivity index (χ4n) is 2.58. The zero-order valence-electron chi connectivity index (χ0n) is 14.6. The van der Waals surface area contributed by atoms with E-state index < -0.39 is 6.10 Å². The van der Waals surface area contributed by atoms with E-state index in [4.69, 9.17) is 13.9 Å². The Kier molecular flexibility index (Phi) is 8.62. The molecule has 0 saturated carbocycles. The molecule has 6 heteroatoms. The van der Waals surface area contributed by atoms with Crippen molar-refractivity contribution in [2.75, 3.05) is 33.4 Å². The molecule has 0 aliphatic rings. The van der Waals surface area contributed by atoms with Crippen molar-refractivity contribution in [2.45, 2.75) is 25.7 Å². The van der Waals surface area contributed by atoms with Crippen LogP contribution in [0.25, 0.3) is 0 Å². The van der Waals surface area contributed by atoms with Crippen LogP contribution < -0.4 is 0 Å². The lowest BCUT2D eigenvalue weighted by Gasteiger charge is -2.25. The second-order valence-electron chi connectivity index (χ2n) is 5.92. The third-order valence-corrected chi connectivity index (χ3v) is 3.78. The molecular formula is C19H26FNO4. The van der Waals surface area contributed by atoms with Crippen molar-refractivity contribution < 1.29 is 23.4 Å². The Morgan fingerprint density at radius 1 is 1.24 bits per heavy atom. The summed E-state index contributed by atoms with van der Waals surface area (Å²) < 4.78 is 29.6. The Morgan fingerprint density at radius 3 is 2.80 bits per heavy atom. The molecule has 0 bridgehead atoms. The predicted molar refractivity (Wildman–Crippen MR) is 92.5 cm³/mol. The number of furan rings is 1. The van der Waals surface area contributed by atoms with Crippen molar-refractivity contribution in [2.24, 2.45) is 0 Å². The summed E-state index contributed by atoms with van der Waals surface area (Å²) in [6.07, 6.45) is 1.73. The minimum absolute atomic E-state index is 0.193. The Labute approximate surface area is 148 Å². The maximum atomic E-state index is 13.9. The van der Waals surface area contributed by atoms with Crippen LogP contribution in [0.3, 0.4) is 0 Å². The monoisotopic (exact) mass is 351 g/mol. The lowest BCUT2D eigenvalue weighted by atomic mass is 10.2. The van der Waals surface area contributed by atoms with Gasteiger partial charge in [-0.15, -0.1) is 0 Å². The second kappa shape index (κ2) is 11.0. The summed E-state index contributed by atoms with van der Waals surface area (Å²) in [5.41, 5.74) is 0.614. The fourth-order valence-corrected chi connectivity index (χ4v) is 2.58. The van der Waals surface area contributed by atoms with E-state index in [9.17, 15) is 9.50 Å². The molecule has 1 N–H and O–H groups in total. The van der Waals surface area contributed by atoms with Gasteiger partial charge in [-0.2, -0.15) is 0 Å². The molecular weight excluding hydrogens is 325 g/mol. The van der Waals surface area contributed by atoms with E-state index in [0.29, 0.717) is 38.4 Å².